The van der Waals surface area contributed by atoms with E-state index in [0.29, 0.717) is 12.1 Å². The van der Waals surface area contributed by atoms with Crippen molar-refractivity contribution in [3.05, 3.63) is 39.7 Å². The van der Waals surface area contributed by atoms with Crippen LogP contribution in [0, 0.1) is 13.8 Å². The van der Waals surface area contributed by atoms with Crippen molar-refractivity contribution in [1.82, 2.24) is 19.8 Å². The van der Waals surface area contributed by atoms with Crippen molar-refractivity contribution >= 4 is 27.3 Å². The van der Waals surface area contributed by atoms with E-state index in [0.717, 1.165) is 39.0 Å². The van der Waals surface area contributed by atoms with Crippen molar-refractivity contribution in [2.24, 2.45) is 7.05 Å². The van der Waals surface area contributed by atoms with E-state index in [1.54, 1.807) is 14.0 Å². The second-order valence-corrected chi connectivity index (χ2v) is 9.99. The molecule has 1 fully saturated rings. The van der Waals surface area contributed by atoms with Gasteiger partial charge in [-0.1, -0.05) is 17.7 Å². The molecule has 1 aromatic carbocycles. The predicted octanol–water partition coefficient (Wildman–Crippen LogP) is 1.94. The van der Waals surface area contributed by atoms with Crippen molar-refractivity contribution < 1.29 is 8.42 Å². The van der Waals surface area contributed by atoms with Crippen molar-refractivity contribution in [2.45, 2.75) is 44.0 Å². The number of anilines is 1. The molecule has 9 heteroatoms. The van der Waals surface area contributed by atoms with Crippen molar-refractivity contribution in [3.8, 4) is 0 Å². The summed E-state index contributed by atoms with van der Waals surface area (Å²) < 4.78 is 30.4. The SMILES string of the molecule is Cc1ccc(N2CCNCC2)c2c1CC[C@@H](NS(=O)(=O)c1c(C)nn(C)c1Cl)C2. The first-order valence-electron chi connectivity index (χ1n) is 10.1. The highest BCUT2D eigenvalue weighted by atomic mass is 35.5. The smallest absolute Gasteiger partial charge is 0.245 e. The summed E-state index contributed by atoms with van der Waals surface area (Å²) in [4.78, 5) is 2.49. The summed E-state index contributed by atoms with van der Waals surface area (Å²) in [5.74, 6) is 0. The monoisotopic (exact) mass is 437 g/mol. The molecule has 0 spiro atoms. The first-order valence-corrected chi connectivity index (χ1v) is 11.9. The number of piperazine rings is 1. The van der Waals surface area contributed by atoms with Gasteiger partial charge < -0.3 is 10.2 Å². The Morgan fingerprint density at radius 1 is 1.21 bits per heavy atom. The van der Waals surface area contributed by atoms with Gasteiger partial charge in [0, 0.05) is 45.0 Å². The number of rotatable bonds is 4. The fraction of sp³-hybridized carbons (Fsp3) is 0.550. The molecule has 0 saturated carbocycles. The van der Waals surface area contributed by atoms with Crippen LogP contribution in [0.1, 0.15) is 28.8 Å². The third-order valence-corrected chi connectivity index (χ3v) is 8.20. The van der Waals surface area contributed by atoms with Gasteiger partial charge in [-0.3, -0.25) is 4.68 Å². The van der Waals surface area contributed by atoms with Crippen molar-refractivity contribution in [2.75, 3.05) is 31.1 Å². The van der Waals surface area contributed by atoms with Crippen LogP contribution in [0.3, 0.4) is 0 Å². The van der Waals surface area contributed by atoms with Gasteiger partial charge in [0.15, 0.2) is 0 Å². The van der Waals surface area contributed by atoms with Gasteiger partial charge in [-0.25, -0.2) is 13.1 Å². The molecule has 2 N–H and O–H groups in total. The average molecular weight is 438 g/mol. The zero-order valence-electron chi connectivity index (χ0n) is 17.1. The maximum atomic E-state index is 13.1. The molecule has 1 atom stereocenters. The summed E-state index contributed by atoms with van der Waals surface area (Å²) in [5, 5.41) is 7.68. The Kier molecular flexibility index (Phi) is 5.63. The highest BCUT2D eigenvalue weighted by Gasteiger charge is 2.31. The lowest BCUT2D eigenvalue weighted by Crippen LogP contribution is -2.45. The minimum absolute atomic E-state index is 0.0824. The van der Waals surface area contributed by atoms with Gasteiger partial charge in [-0.2, -0.15) is 5.10 Å². The fourth-order valence-electron chi connectivity index (χ4n) is 4.54. The van der Waals surface area contributed by atoms with E-state index in [2.05, 4.69) is 39.1 Å². The zero-order valence-corrected chi connectivity index (χ0v) is 18.7. The first kappa shape index (κ1) is 20.7. The third-order valence-electron chi connectivity index (χ3n) is 5.98. The largest absolute Gasteiger partial charge is 0.369 e. The second kappa shape index (κ2) is 7.91. The second-order valence-electron chi connectivity index (χ2n) is 7.99. The molecule has 2 aliphatic rings. The molecule has 0 bridgehead atoms. The van der Waals surface area contributed by atoms with Crippen LogP contribution in [0.4, 0.5) is 5.69 Å². The summed E-state index contributed by atoms with van der Waals surface area (Å²) in [7, 11) is -2.09. The highest BCUT2D eigenvalue weighted by molar-refractivity contribution is 7.89. The molecule has 4 rings (SSSR count). The maximum Gasteiger partial charge on any atom is 0.245 e. The van der Waals surface area contributed by atoms with E-state index in [9.17, 15) is 8.42 Å². The fourth-order valence-corrected chi connectivity index (χ4v) is 6.56. The lowest BCUT2D eigenvalue weighted by atomic mass is 9.84. The molecule has 0 unspecified atom stereocenters. The summed E-state index contributed by atoms with van der Waals surface area (Å²) in [6.45, 7) is 7.69. The van der Waals surface area contributed by atoms with Crippen LogP contribution in [0.5, 0.6) is 0 Å². The van der Waals surface area contributed by atoms with Gasteiger partial charge in [0.2, 0.25) is 10.0 Å². The third kappa shape index (κ3) is 3.91. The van der Waals surface area contributed by atoms with Crippen LogP contribution in [0.2, 0.25) is 5.15 Å². The number of halogens is 1. The van der Waals surface area contributed by atoms with Gasteiger partial charge in [0.25, 0.3) is 0 Å². The molecule has 0 amide bonds. The van der Waals surface area contributed by atoms with Crippen LogP contribution >= 0.6 is 11.6 Å². The van der Waals surface area contributed by atoms with Gasteiger partial charge >= 0.3 is 0 Å². The van der Waals surface area contributed by atoms with Gasteiger partial charge in [0.1, 0.15) is 10.0 Å². The van der Waals surface area contributed by atoms with Gasteiger partial charge in [-0.05, 0) is 55.9 Å². The number of benzene rings is 1. The van der Waals surface area contributed by atoms with E-state index < -0.39 is 10.0 Å². The number of aromatic nitrogens is 2. The zero-order chi connectivity index (χ0) is 20.8. The standard InChI is InChI=1S/C20H28ClN5O2S/c1-13-4-7-18(26-10-8-22-9-11-26)17-12-15(5-6-16(13)17)24-29(27,28)19-14(2)23-25(3)20(19)21/h4,7,15,22,24H,5-6,8-12H2,1-3H3/t15-/m1/s1. The topological polar surface area (TPSA) is 79.3 Å². The van der Waals surface area contributed by atoms with E-state index in [1.165, 1.54) is 27.1 Å². The molecule has 2 aromatic rings. The Morgan fingerprint density at radius 2 is 1.93 bits per heavy atom. The highest BCUT2D eigenvalue weighted by Crippen LogP contribution is 2.34. The van der Waals surface area contributed by atoms with Crippen LogP contribution in [0.15, 0.2) is 17.0 Å². The van der Waals surface area contributed by atoms with Crippen LogP contribution in [-0.4, -0.2) is 50.4 Å². The number of nitrogens with one attached hydrogen (secondary N) is 2. The predicted molar refractivity (Wildman–Crippen MR) is 115 cm³/mol. The molecule has 1 aliphatic heterocycles. The maximum absolute atomic E-state index is 13.1. The normalized spacial score (nSPS) is 20.0. The molecule has 2 heterocycles. The van der Waals surface area contributed by atoms with Crippen LogP contribution < -0.4 is 14.9 Å². The lowest BCUT2D eigenvalue weighted by molar-refractivity contribution is 0.504. The minimum atomic E-state index is -3.74. The van der Waals surface area contributed by atoms with Crippen molar-refractivity contribution in [3.63, 3.8) is 0 Å². The molecule has 7 nitrogen and oxygen atoms in total. The molecule has 158 valence electrons. The molecule has 1 saturated heterocycles. The van der Waals surface area contributed by atoms with Crippen LogP contribution in [-0.2, 0) is 29.9 Å². The Morgan fingerprint density at radius 3 is 2.59 bits per heavy atom. The van der Waals surface area contributed by atoms with E-state index in [4.69, 9.17) is 11.6 Å². The Labute approximate surface area is 177 Å². The first-order chi connectivity index (χ1) is 13.8. The lowest BCUT2D eigenvalue weighted by Gasteiger charge is -2.35. The van der Waals surface area contributed by atoms with Gasteiger partial charge in [-0.15, -0.1) is 0 Å². The van der Waals surface area contributed by atoms with Crippen molar-refractivity contribution in [1.29, 1.82) is 0 Å². The summed E-state index contributed by atoms with van der Waals surface area (Å²) in [6.07, 6.45) is 2.33. The molecule has 29 heavy (non-hydrogen) atoms. The number of sulfonamides is 1. The number of fused-ring (bicyclic) bond motifs is 1. The van der Waals surface area contributed by atoms with E-state index in [-0.39, 0.29) is 16.1 Å². The summed E-state index contributed by atoms with van der Waals surface area (Å²) in [6, 6.07) is 4.23. The molecular weight excluding hydrogens is 410 g/mol. The Hall–Kier alpha value is -1.61. The molecule has 1 aromatic heterocycles. The summed E-state index contributed by atoms with van der Waals surface area (Å²) >= 11 is 6.21. The number of aryl methyl sites for hydroxylation is 3. The van der Waals surface area contributed by atoms with E-state index in [1.807, 2.05) is 0 Å². The number of hydrogen-bond donors (Lipinski definition) is 2. The average Bonchev–Trinajstić information content (AvgIpc) is 2.94. The van der Waals surface area contributed by atoms with Gasteiger partial charge in [0.05, 0.1) is 5.69 Å². The molecule has 0 radical (unpaired) electrons. The quantitative estimate of drug-likeness (QED) is 0.764. The van der Waals surface area contributed by atoms with E-state index >= 15 is 0 Å². The molecular formula is C20H28ClN5O2S. The van der Waals surface area contributed by atoms with Crippen LogP contribution in [0.25, 0.3) is 0 Å². The molecule has 1 aliphatic carbocycles. The Balaban J connectivity index is 1.62. The summed E-state index contributed by atoms with van der Waals surface area (Å²) in [5.41, 5.74) is 5.59. The minimum Gasteiger partial charge on any atom is -0.369 e. The Bertz CT molecular complexity index is 1030. The number of hydrogen-bond acceptors (Lipinski definition) is 5. The number of nitrogens with zero attached hydrogens (tertiary/aromatic N) is 3.